The number of aryl methyl sites for hydroxylation is 1. The van der Waals surface area contributed by atoms with E-state index in [1.54, 1.807) is 0 Å². The number of carbonyl (C=O) groups excluding carboxylic acids is 1. The molecule has 0 saturated heterocycles. The molecule has 2 aromatic rings. The summed E-state index contributed by atoms with van der Waals surface area (Å²) >= 11 is 1.54. The average molecular weight is 340 g/mol. The Morgan fingerprint density at radius 1 is 1.30 bits per heavy atom. The largest absolute Gasteiger partial charge is 0.383 e. The van der Waals surface area contributed by atoms with Gasteiger partial charge in [-0.1, -0.05) is 6.07 Å². The fourth-order valence-electron chi connectivity index (χ4n) is 2.08. The molecule has 4 nitrogen and oxygen atoms in total. The van der Waals surface area contributed by atoms with Gasteiger partial charge in [0.15, 0.2) is 0 Å². The summed E-state index contributed by atoms with van der Waals surface area (Å²) in [5.74, 6) is -1.58. The van der Waals surface area contributed by atoms with E-state index in [4.69, 9.17) is 0 Å². The topological polar surface area (TPSA) is 61.4 Å². The molecule has 0 radical (unpaired) electrons. The minimum absolute atomic E-state index is 0.0756. The van der Waals surface area contributed by atoms with Gasteiger partial charge >= 0.3 is 6.03 Å². The van der Waals surface area contributed by atoms with E-state index in [1.165, 1.54) is 24.3 Å². The zero-order chi connectivity index (χ0) is 17.0. The van der Waals surface area contributed by atoms with E-state index < -0.39 is 23.3 Å². The molecule has 1 atom stereocenters. The van der Waals surface area contributed by atoms with Gasteiger partial charge in [0.2, 0.25) is 0 Å². The third-order valence-electron chi connectivity index (χ3n) is 3.48. The Morgan fingerprint density at radius 2 is 2.04 bits per heavy atom. The third-order valence-corrected chi connectivity index (χ3v) is 4.51. The number of aliphatic hydroxyl groups is 1. The molecule has 3 N–H and O–H groups in total. The van der Waals surface area contributed by atoms with E-state index in [1.807, 2.05) is 18.4 Å². The number of rotatable bonds is 5. The van der Waals surface area contributed by atoms with Gasteiger partial charge in [-0.15, -0.1) is 11.3 Å². The number of urea groups is 1. The van der Waals surface area contributed by atoms with Crippen LogP contribution in [0.2, 0.25) is 0 Å². The van der Waals surface area contributed by atoms with Gasteiger partial charge in [0.05, 0.1) is 13.1 Å². The normalized spacial score (nSPS) is 13.4. The first-order chi connectivity index (χ1) is 10.8. The molecular formula is C16H18F2N2O2S. The van der Waals surface area contributed by atoms with Crippen molar-refractivity contribution >= 4 is 17.4 Å². The second-order valence-corrected chi connectivity index (χ2v) is 6.46. The highest BCUT2D eigenvalue weighted by Gasteiger charge is 2.27. The second-order valence-electron chi connectivity index (χ2n) is 5.46. The van der Waals surface area contributed by atoms with Crippen molar-refractivity contribution in [1.82, 2.24) is 10.6 Å². The number of thiophene rings is 1. The lowest BCUT2D eigenvalue weighted by molar-refractivity contribution is 0.0555. The summed E-state index contributed by atoms with van der Waals surface area (Å²) in [5, 5.41) is 17.4. The smallest absolute Gasteiger partial charge is 0.315 e. The van der Waals surface area contributed by atoms with E-state index >= 15 is 0 Å². The maximum absolute atomic E-state index is 13.7. The Balaban J connectivity index is 1.90. The molecule has 2 rings (SSSR count). The molecule has 2 amide bonds. The molecule has 0 spiro atoms. The highest BCUT2D eigenvalue weighted by atomic mass is 32.1. The Kier molecular flexibility index (Phi) is 5.33. The van der Waals surface area contributed by atoms with E-state index in [0.717, 1.165) is 16.5 Å². The highest BCUT2D eigenvalue weighted by Crippen LogP contribution is 2.23. The lowest BCUT2D eigenvalue weighted by atomic mass is 9.95. The highest BCUT2D eigenvalue weighted by molar-refractivity contribution is 7.10. The van der Waals surface area contributed by atoms with Gasteiger partial charge in [0, 0.05) is 16.5 Å². The van der Waals surface area contributed by atoms with Crippen molar-refractivity contribution in [3.8, 4) is 0 Å². The monoisotopic (exact) mass is 340 g/mol. The molecule has 0 aliphatic rings. The van der Waals surface area contributed by atoms with Crippen LogP contribution in [-0.2, 0) is 12.1 Å². The molecule has 1 aromatic heterocycles. The number of nitrogens with one attached hydrogen (secondary N) is 2. The molecule has 1 heterocycles. The number of carbonyl (C=O) groups is 1. The first-order valence-electron chi connectivity index (χ1n) is 7.02. The molecule has 0 bridgehead atoms. The summed E-state index contributed by atoms with van der Waals surface area (Å²) in [7, 11) is 0. The zero-order valence-electron chi connectivity index (χ0n) is 12.8. The summed E-state index contributed by atoms with van der Waals surface area (Å²) in [5.41, 5.74) is -0.627. The SMILES string of the molecule is Cc1ccsc1CNC(=O)NCC(C)(O)c1ccc(F)cc1F. The third kappa shape index (κ3) is 4.49. The Labute approximate surface area is 137 Å². The molecule has 1 unspecified atom stereocenters. The lowest BCUT2D eigenvalue weighted by Crippen LogP contribution is -2.43. The van der Waals surface area contributed by atoms with Gasteiger partial charge in [0.25, 0.3) is 0 Å². The van der Waals surface area contributed by atoms with Crippen LogP contribution in [0.1, 0.15) is 22.9 Å². The van der Waals surface area contributed by atoms with Crippen LogP contribution in [0.5, 0.6) is 0 Å². The van der Waals surface area contributed by atoms with Crippen LogP contribution in [0.25, 0.3) is 0 Å². The maximum Gasteiger partial charge on any atom is 0.315 e. The van der Waals surface area contributed by atoms with E-state index in [-0.39, 0.29) is 12.1 Å². The second kappa shape index (κ2) is 7.06. The fraction of sp³-hybridized carbons (Fsp3) is 0.312. The number of benzene rings is 1. The van der Waals surface area contributed by atoms with Crippen molar-refractivity contribution in [2.75, 3.05) is 6.54 Å². The van der Waals surface area contributed by atoms with Crippen LogP contribution >= 0.6 is 11.3 Å². The van der Waals surface area contributed by atoms with Gasteiger partial charge in [0.1, 0.15) is 17.2 Å². The minimum atomic E-state index is -1.64. The van der Waals surface area contributed by atoms with Crippen LogP contribution in [0, 0.1) is 18.6 Å². The van der Waals surface area contributed by atoms with E-state index in [0.29, 0.717) is 12.6 Å². The van der Waals surface area contributed by atoms with Crippen LogP contribution in [-0.4, -0.2) is 17.7 Å². The summed E-state index contributed by atoms with van der Waals surface area (Å²) in [6.45, 7) is 3.48. The van der Waals surface area contributed by atoms with Crippen molar-refractivity contribution in [1.29, 1.82) is 0 Å². The van der Waals surface area contributed by atoms with E-state index in [2.05, 4.69) is 10.6 Å². The molecule has 7 heteroatoms. The van der Waals surface area contributed by atoms with Crippen molar-refractivity contribution in [3.05, 3.63) is 57.3 Å². The zero-order valence-corrected chi connectivity index (χ0v) is 13.6. The van der Waals surface area contributed by atoms with Crippen molar-refractivity contribution in [2.24, 2.45) is 0 Å². The first kappa shape index (κ1) is 17.4. The molecule has 0 aliphatic carbocycles. The van der Waals surface area contributed by atoms with Crippen molar-refractivity contribution in [2.45, 2.75) is 26.0 Å². The number of hydrogen-bond acceptors (Lipinski definition) is 3. The number of amides is 2. The predicted octanol–water partition coefficient (Wildman–Crippen LogP) is 3.04. The molecule has 0 aliphatic heterocycles. The van der Waals surface area contributed by atoms with Gasteiger partial charge in [-0.05, 0) is 36.9 Å². The summed E-state index contributed by atoms with van der Waals surface area (Å²) in [6.07, 6.45) is 0. The molecule has 124 valence electrons. The van der Waals surface area contributed by atoms with Gasteiger partial charge < -0.3 is 15.7 Å². The molecule has 1 aromatic carbocycles. The van der Waals surface area contributed by atoms with E-state index in [9.17, 15) is 18.7 Å². The molecule has 23 heavy (non-hydrogen) atoms. The number of halogens is 2. The summed E-state index contributed by atoms with van der Waals surface area (Å²) in [6, 6.07) is 4.41. The van der Waals surface area contributed by atoms with Crippen LogP contribution in [0.15, 0.2) is 29.6 Å². The fourth-order valence-corrected chi connectivity index (χ4v) is 2.93. The van der Waals surface area contributed by atoms with Crippen molar-refractivity contribution in [3.63, 3.8) is 0 Å². The lowest BCUT2D eigenvalue weighted by Gasteiger charge is -2.24. The molecule has 0 fully saturated rings. The standard InChI is InChI=1S/C16H18F2N2O2S/c1-10-5-6-23-14(10)8-19-15(21)20-9-16(2,22)12-4-3-11(17)7-13(12)18/h3-7,22H,8-9H2,1-2H3,(H2,19,20,21). The van der Waals surface area contributed by atoms with Crippen LogP contribution < -0.4 is 10.6 Å². The van der Waals surface area contributed by atoms with Crippen molar-refractivity contribution < 1.29 is 18.7 Å². The predicted molar refractivity (Wildman–Crippen MR) is 85.2 cm³/mol. The Morgan fingerprint density at radius 3 is 2.65 bits per heavy atom. The maximum atomic E-state index is 13.7. The summed E-state index contributed by atoms with van der Waals surface area (Å²) in [4.78, 5) is 12.8. The Hall–Kier alpha value is -1.99. The molecular weight excluding hydrogens is 322 g/mol. The number of hydrogen-bond donors (Lipinski definition) is 3. The van der Waals surface area contributed by atoms with Gasteiger partial charge in [-0.2, -0.15) is 0 Å². The summed E-state index contributed by atoms with van der Waals surface area (Å²) < 4.78 is 26.6. The van der Waals surface area contributed by atoms with Gasteiger partial charge in [-0.25, -0.2) is 13.6 Å². The average Bonchev–Trinajstić information content (AvgIpc) is 2.88. The minimum Gasteiger partial charge on any atom is -0.383 e. The quantitative estimate of drug-likeness (QED) is 0.783. The first-order valence-corrected chi connectivity index (χ1v) is 7.90. The van der Waals surface area contributed by atoms with Gasteiger partial charge in [-0.3, -0.25) is 0 Å². The van der Waals surface area contributed by atoms with Crippen LogP contribution in [0.3, 0.4) is 0 Å². The van der Waals surface area contributed by atoms with Crippen LogP contribution in [0.4, 0.5) is 13.6 Å². The Bertz CT molecular complexity index is 701. The molecule has 0 saturated carbocycles.